The number of carbonyl (C=O) groups is 2. The zero-order valence-electron chi connectivity index (χ0n) is 15.0. The number of halogens is 2. The Morgan fingerprint density at radius 1 is 1.26 bits per heavy atom. The van der Waals surface area contributed by atoms with Gasteiger partial charge in [-0.05, 0) is 36.8 Å². The number of benzene rings is 1. The van der Waals surface area contributed by atoms with Gasteiger partial charge in [0, 0.05) is 41.6 Å². The number of nitrogens with zero attached hydrogens (tertiary/aromatic N) is 2. The predicted octanol–water partition coefficient (Wildman–Crippen LogP) is 3.86. The molecule has 2 heterocycles. The van der Waals surface area contributed by atoms with E-state index in [1.165, 1.54) is 0 Å². The molecule has 0 radical (unpaired) electrons. The van der Waals surface area contributed by atoms with Crippen LogP contribution in [0.3, 0.4) is 0 Å². The molecule has 1 atom stereocenters. The lowest BCUT2D eigenvalue weighted by Crippen LogP contribution is -2.47. The van der Waals surface area contributed by atoms with E-state index in [9.17, 15) is 9.59 Å². The van der Waals surface area contributed by atoms with Gasteiger partial charge in [-0.25, -0.2) is 4.79 Å². The zero-order chi connectivity index (χ0) is 19.4. The third-order valence-electron chi connectivity index (χ3n) is 4.47. The smallest absolute Gasteiger partial charge is 0.318 e. The second kappa shape index (κ2) is 8.67. The van der Waals surface area contributed by atoms with E-state index in [1.54, 1.807) is 24.0 Å². The van der Waals surface area contributed by atoms with Crippen molar-refractivity contribution >= 4 is 35.2 Å². The summed E-state index contributed by atoms with van der Waals surface area (Å²) in [5.74, 6) is -0.331. The monoisotopic (exact) mass is 409 g/mol. The Morgan fingerprint density at radius 2 is 2.07 bits per heavy atom. The number of fused-ring (bicyclic) bond motifs is 1. The molecule has 2 amide bonds. The maximum absolute atomic E-state index is 12.8. The van der Waals surface area contributed by atoms with Crippen molar-refractivity contribution in [1.29, 1.82) is 0 Å². The van der Waals surface area contributed by atoms with E-state index in [-0.39, 0.29) is 31.0 Å². The van der Waals surface area contributed by atoms with Gasteiger partial charge in [-0.1, -0.05) is 29.3 Å². The number of esters is 1. The van der Waals surface area contributed by atoms with E-state index in [2.05, 4.69) is 9.88 Å². The highest BCUT2D eigenvalue weighted by atomic mass is 35.5. The van der Waals surface area contributed by atoms with Crippen LogP contribution < -0.4 is 5.32 Å². The fraction of sp³-hybridized carbons (Fsp3) is 0.368. The molecule has 1 aliphatic heterocycles. The first-order chi connectivity index (χ1) is 13.0. The summed E-state index contributed by atoms with van der Waals surface area (Å²) in [4.78, 5) is 26.0. The van der Waals surface area contributed by atoms with Gasteiger partial charge in [-0.15, -0.1) is 0 Å². The van der Waals surface area contributed by atoms with Crippen LogP contribution in [0, 0.1) is 0 Å². The quantitative estimate of drug-likeness (QED) is 0.762. The van der Waals surface area contributed by atoms with Crippen LogP contribution in [0.25, 0.3) is 0 Å². The van der Waals surface area contributed by atoms with Gasteiger partial charge < -0.3 is 19.5 Å². The molecule has 0 aliphatic carbocycles. The van der Waals surface area contributed by atoms with Crippen LogP contribution in [0.2, 0.25) is 10.0 Å². The average molecular weight is 410 g/mol. The Balaban J connectivity index is 1.81. The number of amides is 2. The van der Waals surface area contributed by atoms with E-state index in [4.69, 9.17) is 27.9 Å². The largest absolute Gasteiger partial charge is 0.466 e. The fourth-order valence-electron chi connectivity index (χ4n) is 3.26. The van der Waals surface area contributed by atoms with E-state index >= 15 is 0 Å². The number of nitrogens with one attached hydrogen (secondary N) is 1. The van der Waals surface area contributed by atoms with E-state index in [1.807, 2.05) is 24.4 Å². The molecule has 27 heavy (non-hydrogen) atoms. The third-order valence-corrected chi connectivity index (χ3v) is 5.03. The second-order valence-electron chi connectivity index (χ2n) is 6.18. The number of carbonyl (C=O) groups excluding carboxylic acids is 2. The Kier molecular flexibility index (Phi) is 6.29. The van der Waals surface area contributed by atoms with Crippen LogP contribution in [0.5, 0.6) is 0 Å². The van der Waals surface area contributed by atoms with Crippen molar-refractivity contribution in [3.63, 3.8) is 0 Å². The van der Waals surface area contributed by atoms with Gasteiger partial charge in [-0.3, -0.25) is 4.79 Å². The van der Waals surface area contributed by atoms with Crippen molar-refractivity contribution in [3.05, 3.63) is 57.8 Å². The van der Waals surface area contributed by atoms with Gasteiger partial charge in [0.25, 0.3) is 0 Å². The van der Waals surface area contributed by atoms with Gasteiger partial charge in [0.1, 0.15) is 6.04 Å². The molecule has 1 N–H and O–H groups in total. The van der Waals surface area contributed by atoms with E-state index in [0.717, 1.165) is 11.3 Å². The molecule has 0 fully saturated rings. The summed E-state index contributed by atoms with van der Waals surface area (Å²) in [5.41, 5.74) is 1.78. The van der Waals surface area contributed by atoms with Gasteiger partial charge in [0.05, 0.1) is 13.0 Å². The van der Waals surface area contributed by atoms with Gasteiger partial charge >= 0.3 is 12.0 Å². The summed E-state index contributed by atoms with van der Waals surface area (Å²) in [6.07, 6.45) is 2.12. The topological polar surface area (TPSA) is 63.6 Å². The highest BCUT2D eigenvalue weighted by Crippen LogP contribution is 2.37. The Labute approximate surface area is 168 Å². The van der Waals surface area contributed by atoms with Crippen molar-refractivity contribution in [1.82, 2.24) is 14.8 Å². The fourth-order valence-corrected chi connectivity index (χ4v) is 3.77. The molecular formula is C19H21Cl2N3O3. The molecule has 1 aromatic carbocycles. The predicted molar refractivity (Wildman–Crippen MR) is 104 cm³/mol. The van der Waals surface area contributed by atoms with Crippen molar-refractivity contribution in [2.45, 2.75) is 25.9 Å². The summed E-state index contributed by atoms with van der Waals surface area (Å²) in [6, 6.07) is 8.64. The first kappa shape index (κ1) is 19.6. The number of aromatic nitrogens is 1. The van der Waals surface area contributed by atoms with Crippen molar-refractivity contribution < 1.29 is 14.3 Å². The number of rotatable bonds is 5. The molecule has 8 heteroatoms. The first-order valence-electron chi connectivity index (χ1n) is 8.81. The summed E-state index contributed by atoms with van der Waals surface area (Å²) >= 11 is 12.5. The maximum atomic E-state index is 12.8. The van der Waals surface area contributed by atoms with Crippen LogP contribution in [-0.4, -0.2) is 41.2 Å². The molecule has 2 aromatic rings. The van der Waals surface area contributed by atoms with Crippen molar-refractivity contribution in [2.75, 3.05) is 19.7 Å². The van der Waals surface area contributed by atoms with Crippen LogP contribution in [-0.2, 0) is 16.1 Å². The lowest BCUT2D eigenvalue weighted by atomic mass is 10.00. The number of urea groups is 1. The molecule has 0 spiro atoms. The third kappa shape index (κ3) is 4.39. The van der Waals surface area contributed by atoms with Crippen LogP contribution >= 0.6 is 23.2 Å². The molecule has 0 saturated heterocycles. The average Bonchev–Trinajstić information content (AvgIpc) is 3.10. The molecule has 6 nitrogen and oxygen atoms in total. The molecule has 0 saturated carbocycles. The second-order valence-corrected chi connectivity index (χ2v) is 7.02. The first-order valence-corrected chi connectivity index (χ1v) is 9.57. The molecular weight excluding hydrogens is 389 g/mol. The normalized spacial score (nSPS) is 16.0. The standard InChI is InChI=1S/C19H21Cl2N3O3/c1-2-27-17(25)7-8-22-19(26)24-11-10-23-9-3-4-16(23)18(24)14-6-5-13(20)12-15(14)21/h3-6,9,12,18H,2,7-8,10-11H2,1H3,(H,22,26). The van der Waals surface area contributed by atoms with E-state index < -0.39 is 0 Å². The van der Waals surface area contributed by atoms with Crippen LogP contribution in [0.15, 0.2) is 36.5 Å². The highest BCUT2D eigenvalue weighted by Gasteiger charge is 2.33. The van der Waals surface area contributed by atoms with Crippen LogP contribution in [0.1, 0.15) is 30.6 Å². The Bertz CT molecular complexity index is 837. The molecule has 144 valence electrons. The minimum Gasteiger partial charge on any atom is -0.466 e. The maximum Gasteiger partial charge on any atom is 0.318 e. The Hall–Kier alpha value is -2.18. The number of ether oxygens (including phenoxy) is 1. The molecule has 3 rings (SSSR count). The lowest BCUT2D eigenvalue weighted by Gasteiger charge is -2.37. The van der Waals surface area contributed by atoms with E-state index in [0.29, 0.717) is 29.7 Å². The molecule has 0 bridgehead atoms. The van der Waals surface area contributed by atoms with Gasteiger partial charge in [-0.2, -0.15) is 0 Å². The Morgan fingerprint density at radius 3 is 2.81 bits per heavy atom. The molecule has 1 aliphatic rings. The number of hydrogen-bond donors (Lipinski definition) is 1. The van der Waals surface area contributed by atoms with Gasteiger partial charge in [0.2, 0.25) is 0 Å². The SMILES string of the molecule is CCOC(=O)CCNC(=O)N1CCn2cccc2C1c1ccc(Cl)cc1Cl. The highest BCUT2D eigenvalue weighted by molar-refractivity contribution is 6.35. The summed E-state index contributed by atoms with van der Waals surface area (Å²) in [7, 11) is 0. The summed E-state index contributed by atoms with van der Waals surface area (Å²) in [6.45, 7) is 3.51. The minimum absolute atomic E-state index is 0.135. The van der Waals surface area contributed by atoms with Crippen molar-refractivity contribution in [3.8, 4) is 0 Å². The van der Waals surface area contributed by atoms with Crippen molar-refractivity contribution in [2.24, 2.45) is 0 Å². The lowest BCUT2D eigenvalue weighted by molar-refractivity contribution is -0.142. The zero-order valence-corrected chi connectivity index (χ0v) is 16.5. The molecule has 1 aromatic heterocycles. The molecule has 1 unspecified atom stereocenters. The number of hydrogen-bond acceptors (Lipinski definition) is 3. The summed E-state index contributed by atoms with van der Waals surface area (Å²) < 4.78 is 6.99. The summed E-state index contributed by atoms with van der Waals surface area (Å²) in [5, 5.41) is 3.85. The van der Waals surface area contributed by atoms with Crippen LogP contribution in [0.4, 0.5) is 4.79 Å². The van der Waals surface area contributed by atoms with Gasteiger partial charge in [0.15, 0.2) is 0 Å². The minimum atomic E-state index is -0.332.